The molecule has 1 aromatic heterocycles. The average Bonchev–Trinajstić information content (AvgIpc) is 3.13. The zero-order valence-electron chi connectivity index (χ0n) is 13.5. The van der Waals surface area contributed by atoms with E-state index in [1.165, 1.54) is 0 Å². The molecule has 0 aliphatic heterocycles. The second kappa shape index (κ2) is 7.59. The Balaban J connectivity index is 1.88. The van der Waals surface area contributed by atoms with Crippen molar-refractivity contribution < 1.29 is 14.0 Å². The molecule has 5 nitrogen and oxygen atoms in total. The van der Waals surface area contributed by atoms with Crippen molar-refractivity contribution in [2.24, 2.45) is 0 Å². The third kappa shape index (κ3) is 3.95. The van der Waals surface area contributed by atoms with Gasteiger partial charge in [-0.3, -0.25) is 0 Å². The minimum Gasteiger partial charge on any atom is -0.493 e. The highest BCUT2D eigenvalue weighted by Crippen LogP contribution is 2.32. The maximum Gasteiger partial charge on any atom is 0.269 e. The number of rotatable bonds is 5. The summed E-state index contributed by atoms with van der Waals surface area (Å²) in [6, 6.07) is 12.6. The normalized spacial score (nSPS) is 11.4. The minimum absolute atomic E-state index is 0.224. The molecule has 0 amide bonds. The van der Waals surface area contributed by atoms with Crippen molar-refractivity contribution in [3.63, 3.8) is 0 Å². The maximum absolute atomic E-state index is 6.27. The molecule has 128 valence electrons. The number of aromatic nitrogens is 2. The minimum atomic E-state index is 0.224. The van der Waals surface area contributed by atoms with Gasteiger partial charge in [-0.05, 0) is 42.0 Å². The van der Waals surface area contributed by atoms with Crippen LogP contribution in [0.3, 0.4) is 0 Å². The van der Waals surface area contributed by atoms with Gasteiger partial charge in [-0.25, -0.2) is 0 Å². The highest BCUT2D eigenvalue weighted by molar-refractivity contribution is 6.50. The van der Waals surface area contributed by atoms with Crippen LogP contribution < -0.4 is 9.47 Å². The first-order valence-electron chi connectivity index (χ1n) is 7.30. The van der Waals surface area contributed by atoms with Crippen molar-refractivity contribution in [1.82, 2.24) is 10.1 Å². The summed E-state index contributed by atoms with van der Waals surface area (Å²) < 4.78 is 15.7. The van der Waals surface area contributed by atoms with E-state index in [0.717, 1.165) is 11.1 Å². The van der Waals surface area contributed by atoms with Crippen LogP contribution in [0.25, 0.3) is 22.5 Å². The zero-order valence-corrected chi connectivity index (χ0v) is 15.0. The molecule has 7 heteroatoms. The van der Waals surface area contributed by atoms with Crippen molar-refractivity contribution in [2.45, 2.75) is 0 Å². The molecule has 0 saturated heterocycles. The SMILES string of the molecule is COc1ccc(-c2noc(/C(Cl)=C/c3ccc(Cl)cc3)n2)cc1OC. The van der Waals surface area contributed by atoms with Crippen LogP contribution in [0, 0.1) is 0 Å². The Bertz CT molecular complexity index is 905. The number of benzene rings is 2. The average molecular weight is 377 g/mol. The van der Waals surface area contributed by atoms with Gasteiger partial charge in [0.15, 0.2) is 11.5 Å². The highest BCUT2D eigenvalue weighted by Gasteiger charge is 2.14. The fourth-order valence-electron chi connectivity index (χ4n) is 2.18. The molecular formula is C18H14Cl2N2O3. The van der Waals surface area contributed by atoms with Crippen LogP contribution in [0.1, 0.15) is 11.5 Å². The summed E-state index contributed by atoms with van der Waals surface area (Å²) >= 11 is 12.1. The van der Waals surface area contributed by atoms with E-state index >= 15 is 0 Å². The molecule has 0 spiro atoms. The van der Waals surface area contributed by atoms with Gasteiger partial charge in [0.05, 0.1) is 14.2 Å². The third-order valence-corrected chi connectivity index (χ3v) is 3.96. The van der Waals surface area contributed by atoms with Crippen LogP contribution in [0.15, 0.2) is 47.0 Å². The van der Waals surface area contributed by atoms with E-state index in [0.29, 0.717) is 27.4 Å². The fraction of sp³-hybridized carbons (Fsp3) is 0.111. The Morgan fingerprint density at radius 1 is 1.04 bits per heavy atom. The fourth-order valence-corrected chi connectivity index (χ4v) is 2.51. The molecule has 0 aliphatic rings. The van der Waals surface area contributed by atoms with Crippen molar-refractivity contribution in [3.05, 3.63) is 58.9 Å². The van der Waals surface area contributed by atoms with E-state index < -0.39 is 0 Å². The van der Waals surface area contributed by atoms with E-state index in [-0.39, 0.29) is 5.89 Å². The number of halogens is 2. The molecule has 0 bridgehead atoms. The largest absolute Gasteiger partial charge is 0.493 e. The second-order valence-electron chi connectivity index (χ2n) is 5.04. The molecular weight excluding hydrogens is 363 g/mol. The second-order valence-corrected chi connectivity index (χ2v) is 5.88. The standard InChI is InChI=1S/C18H14Cl2N2O3/c1-23-15-8-5-12(10-16(15)24-2)17-21-18(25-22-17)14(20)9-11-3-6-13(19)7-4-11/h3-10H,1-2H3/b14-9-. The van der Waals surface area contributed by atoms with E-state index in [4.69, 9.17) is 37.2 Å². The highest BCUT2D eigenvalue weighted by atomic mass is 35.5. The van der Waals surface area contributed by atoms with Crippen LogP contribution in [0.4, 0.5) is 0 Å². The predicted octanol–water partition coefficient (Wildman–Crippen LogP) is 5.14. The molecule has 0 atom stereocenters. The van der Waals surface area contributed by atoms with Crippen molar-refractivity contribution >= 4 is 34.3 Å². The lowest BCUT2D eigenvalue weighted by Crippen LogP contribution is -1.91. The summed E-state index contributed by atoms with van der Waals surface area (Å²) in [7, 11) is 3.14. The van der Waals surface area contributed by atoms with Crippen molar-refractivity contribution in [1.29, 1.82) is 0 Å². The molecule has 3 aromatic rings. The summed E-state index contributed by atoms with van der Waals surface area (Å²) in [4.78, 5) is 4.32. The maximum atomic E-state index is 6.27. The molecule has 0 radical (unpaired) electrons. The Labute approximate surface area is 154 Å². The molecule has 0 saturated carbocycles. The lowest BCUT2D eigenvalue weighted by atomic mass is 10.2. The molecule has 25 heavy (non-hydrogen) atoms. The van der Waals surface area contributed by atoms with Crippen LogP contribution >= 0.6 is 23.2 Å². The smallest absolute Gasteiger partial charge is 0.269 e. The van der Waals surface area contributed by atoms with Gasteiger partial charge in [0.1, 0.15) is 5.03 Å². The van der Waals surface area contributed by atoms with Gasteiger partial charge >= 0.3 is 0 Å². The van der Waals surface area contributed by atoms with Crippen LogP contribution in [-0.4, -0.2) is 24.4 Å². The number of hydrogen-bond donors (Lipinski definition) is 0. The zero-order chi connectivity index (χ0) is 17.8. The van der Waals surface area contributed by atoms with Gasteiger partial charge in [-0.15, -0.1) is 0 Å². The quantitative estimate of drug-likeness (QED) is 0.616. The van der Waals surface area contributed by atoms with E-state index in [1.807, 2.05) is 18.2 Å². The first-order chi connectivity index (χ1) is 12.1. The van der Waals surface area contributed by atoms with Crippen LogP contribution in [-0.2, 0) is 0 Å². The first-order valence-corrected chi connectivity index (χ1v) is 8.05. The lowest BCUT2D eigenvalue weighted by molar-refractivity contribution is 0.355. The summed E-state index contributed by atoms with van der Waals surface area (Å²) in [5, 5.41) is 4.95. The monoisotopic (exact) mass is 376 g/mol. The topological polar surface area (TPSA) is 57.4 Å². The third-order valence-electron chi connectivity index (χ3n) is 3.44. The number of hydrogen-bond acceptors (Lipinski definition) is 5. The summed E-state index contributed by atoms with van der Waals surface area (Å²) in [6.07, 6.45) is 1.73. The Morgan fingerprint density at radius 3 is 2.44 bits per heavy atom. The van der Waals surface area contributed by atoms with Crippen LogP contribution in [0.5, 0.6) is 11.5 Å². The molecule has 2 aromatic carbocycles. The molecule has 0 fully saturated rings. The predicted molar refractivity (Wildman–Crippen MR) is 98.0 cm³/mol. The van der Waals surface area contributed by atoms with Gasteiger partial charge in [0.25, 0.3) is 5.89 Å². The number of methoxy groups -OCH3 is 2. The van der Waals surface area contributed by atoms with Gasteiger partial charge in [0, 0.05) is 10.6 Å². The van der Waals surface area contributed by atoms with Gasteiger partial charge in [-0.1, -0.05) is 40.5 Å². The van der Waals surface area contributed by atoms with Crippen molar-refractivity contribution in [3.8, 4) is 22.9 Å². The van der Waals surface area contributed by atoms with Crippen LogP contribution in [0.2, 0.25) is 5.02 Å². The van der Waals surface area contributed by atoms with Gasteiger partial charge in [0.2, 0.25) is 5.82 Å². The summed E-state index contributed by atoms with van der Waals surface area (Å²) in [5.41, 5.74) is 1.60. The van der Waals surface area contributed by atoms with Crippen molar-refractivity contribution in [2.75, 3.05) is 14.2 Å². The van der Waals surface area contributed by atoms with Gasteiger partial charge in [-0.2, -0.15) is 4.98 Å². The van der Waals surface area contributed by atoms with E-state index in [9.17, 15) is 0 Å². The Morgan fingerprint density at radius 2 is 1.76 bits per heavy atom. The summed E-state index contributed by atoms with van der Waals surface area (Å²) in [6.45, 7) is 0. The molecule has 0 N–H and O–H groups in total. The van der Waals surface area contributed by atoms with E-state index in [1.54, 1.807) is 44.6 Å². The van der Waals surface area contributed by atoms with Gasteiger partial charge < -0.3 is 14.0 Å². The lowest BCUT2D eigenvalue weighted by Gasteiger charge is -2.07. The first kappa shape index (κ1) is 17.3. The summed E-state index contributed by atoms with van der Waals surface area (Å²) in [5.74, 6) is 1.82. The molecule has 3 rings (SSSR count). The molecule has 0 unspecified atom stereocenters. The molecule has 0 aliphatic carbocycles. The Hall–Kier alpha value is -2.50. The molecule has 1 heterocycles. The number of ether oxygens (including phenoxy) is 2. The number of nitrogens with zero attached hydrogens (tertiary/aromatic N) is 2. The Kier molecular flexibility index (Phi) is 5.26. The van der Waals surface area contributed by atoms with E-state index in [2.05, 4.69) is 10.1 Å².